The van der Waals surface area contributed by atoms with Crippen molar-refractivity contribution in [1.29, 1.82) is 0 Å². The number of para-hydroxylation sites is 1. The molecule has 0 bridgehead atoms. The van der Waals surface area contributed by atoms with Crippen LogP contribution in [0.1, 0.15) is 52.0 Å². The van der Waals surface area contributed by atoms with Crippen molar-refractivity contribution in [3.05, 3.63) is 29.8 Å². The van der Waals surface area contributed by atoms with Crippen molar-refractivity contribution in [2.45, 2.75) is 58.5 Å². The first-order chi connectivity index (χ1) is 10.8. The summed E-state index contributed by atoms with van der Waals surface area (Å²) in [6.45, 7) is 6.52. The summed E-state index contributed by atoms with van der Waals surface area (Å²) in [5, 5.41) is 9.83. The van der Waals surface area contributed by atoms with Gasteiger partial charge in [-0.3, -0.25) is 4.90 Å². The Morgan fingerprint density at radius 2 is 2.00 bits per heavy atom. The van der Waals surface area contributed by atoms with Crippen LogP contribution in [0.5, 0.6) is 0 Å². The van der Waals surface area contributed by atoms with Gasteiger partial charge in [-0.25, -0.2) is 4.79 Å². The average molecular weight is 316 g/mol. The van der Waals surface area contributed by atoms with Crippen LogP contribution in [0, 0.1) is 17.3 Å². The lowest BCUT2D eigenvalue weighted by Gasteiger charge is -2.56. The van der Waals surface area contributed by atoms with Crippen LogP contribution in [0.15, 0.2) is 24.3 Å². The van der Waals surface area contributed by atoms with E-state index in [-0.39, 0.29) is 11.3 Å². The molecule has 4 heteroatoms. The largest absolute Gasteiger partial charge is 0.465 e. The third kappa shape index (κ3) is 2.44. The Morgan fingerprint density at radius 3 is 2.65 bits per heavy atom. The molecule has 3 N–H and O–H groups in total. The van der Waals surface area contributed by atoms with Crippen molar-refractivity contribution in [2.24, 2.45) is 23.0 Å². The molecule has 1 amide bonds. The fourth-order valence-electron chi connectivity index (χ4n) is 5.00. The molecule has 4 nitrogen and oxygen atoms in total. The van der Waals surface area contributed by atoms with Gasteiger partial charge in [-0.15, -0.1) is 0 Å². The Balaban J connectivity index is 2.10. The van der Waals surface area contributed by atoms with Crippen molar-refractivity contribution < 1.29 is 9.90 Å². The number of carbonyl (C=O) groups is 1. The van der Waals surface area contributed by atoms with Crippen molar-refractivity contribution in [3.8, 4) is 0 Å². The molecule has 0 saturated heterocycles. The van der Waals surface area contributed by atoms with Gasteiger partial charge in [-0.2, -0.15) is 0 Å². The summed E-state index contributed by atoms with van der Waals surface area (Å²) in [6, 6.07) is 7.79. The number of carboxylic acid groups (broad SMARTS) is 1. The maximum atomic E-state index is 12.0. The van der Waals surface area contributed by atoms with Crippen LogP contribution in [-0.4, -0.2) is 16.9 Å². The normalized spacial score (nSPS) is 37.3. The third-order valence-electron chi connectivity index (χ3n) is 6.56. The molecule has 1 aliphatic carbocycles. The molecule has 1 aromatic rings. The summed E-state index contributed by atoms with van der Waals surface area (Å²) < 4.78 is 0. The highest BCUT2D eigenvalue weighted by Gasteiger charge is 2.54. The zero-order chi connectivity index (χ0) is 16.8. The van der Waals surface area contributed by atoms with E-state index in [1.807, 2.05) is 31.2 Å². The Morgan fingerprint density at radius 1 is 1.30 bits per heavy atom. The van der Waals surface area contributed by atoms with Crippen LogP contribution in [0.25, 0.3) is 0 Å². The van der Waals surface area contributed by atoms with Gasteiger partial charge < -0.3 is 10.8 Å². The number of hydrogen-bond donors (Lipinski definition) is 2. The smallest absolute Gasteiger partial charge is 0.413 e. The van der Waals surface area contributed by atoms with Gasteiger partial charge in [0.25, 0.3) is 0 Å². The molecule has 4 unspecified atom stereocenters. The number of hydrogen-bond acceptors (Lipinski definition) is 2. The molecule has 1 aromatic carbocycles. The molecule has 0 spiro atoms. The first-order valence-corrected chi connectivity index (χ1v) is 8.68. The van der Waals surface area contributed by atoms with E-state index in [0.29, 0.717) is 5.92 Å². The lowest BCUT2D eigenvalue weighted by atomic mass is 9.56. The number of rotatable bonds is 1. The van der Waals surface area contributed by atoms with Crippen LogP contribution < -0.4 is 10.6 Å². The molecule has 0 aromatic heterocycles. The Bertz CT molecular complexity index is 613. The number of fused-ring (bicyclic) bond motifs is 1. The van der Waals surface area contributed by atoms with Crippen molar-refractivity contribution in [1.82, 2.24) is 0 Å². The van der Waals surface area contributed by atoms with Gasteiger partial charge in [0.15, 0.2) is 0 Å². The maximum absolute atomic E-state index is 12.0. The van der Waals surface area contributed by atoms with Gasteiger partial charge in [0.1, 0.15) is 5.66 Å². The highest BCUT2D eigenvalue weighted by Crippen LogP contribution is 2.54. The zero-order valence-electron chi connectivity index (χ0n) is 14.4. The molecule has 126 valence electrons. The molecule has 1 fully saturated rings. The number of anilines is 1. The number of amides is 1. The second-order valence-electron chi connectivity index (χ2n) is 7.88. The fraction of sp³-hybridized carbons (Fsp3) is 0.632. The average Bonchev–Trinajstić information content (AvgIpc) is 2.48. The Labute approximate surface area is 138 Å². The van der Waals surface area contributed by atoms with Crippen molar-refractivity contribution >= 4 is 11.8 Å². The molecule has 1 heterocycles. The van der Waals surface area contributed by atoms with Gasteiger partial charge in [0.05, 0.1) is 5.69 Å². The molecule has 3 rings (SSSR count). The first kappa shape index (κ1) is 16.3. The Kier molecular flexibility index (Phi) is 3.91. The third-order valence-corrected chi connectivity index (χ3v) is 6.56. The van der Waals surface area contributed by atoms with Gasteiger partial charge in [0, 0.05) is 5.92 Å². The topological polar surface area (TPSA) is 66.6 Å². The number of nitrogens with two attached hydrogens (primary N) is 1. The Hall–Kier alpha value is -1.55. The van der Waals surface area contributed by atoms with Crippen molar-refractivity contribution in [3.63, 3.8) is 0 Å². The van der Waals surface area contributed by atoms with Crippen LogP contribution in [0.3, 0.4) is 0 Å². The van der Waals surface area contributed by atoms with E-state index in [4.69, 9.17) is 5.73 Å². The highest BCUT2D eigenvalue weighted by atomic mass is 16.4. The summed E-state index contributed by atoms with van der Waals surface area (Å²) in [5.74, 6) is 0.682. The first-order valence-electron chi connectivity index (χ1n) is 8.68. The molecular weight excluding hydrogens is 288 g/mol. The van der Waals surface area contributed by atoms with E-state index < -0.39 is 11.8 Å². The minimum absolute atomic E-state index is 0.0724. The molecule has 2 aliphatic rings. The van der Waals surface area contributed by atoms with Gasteiger partial charge >= 0.3 is 6.09 Å². The molecule has 4 atom stereocenters. The predicted molar refractivity (Wildman–Crippen MR) is 92.5 cm³/mol. The lowest BCUT2D eigenvalue weighted by molar-refractivity contribution is 0.00731. The number of nitrogens with zero attached hydrogens (tertiary/aromatic N) is 1. The minimum atomic E-state index is -0.959. The van der Waals surface area contributed by atoms with E-state index in [1.165, 1.54) is 24.2 Å². The zero-order valence-corrected chi connectivity index (χ0v) is 14.4. The van der Waals surface area contributed by atoms with Crippen LogP contribution in [0.4, 0.5) is 10.5 Å². The fourth-order valence-corrected chi connectivity index (χ4v) is 5.00. The molecular formula is C19H28N2O2. The second kappa shape index (κ2) is 5.52. The molecule has 0 radical (unpaired) electrons. The quantitative estimate of drug-likeness (QED) is 0.814. The highest BCUT2D eigenvalue weighted by molar-refractivity contribution is 5.89. The summed E-state index contributed by atoms with van der Waals surface area (Å²) in [4.78, 5) is 13.4. The number of benzene rings is 1. The monoisotopic (exact) mass is 316 g/mol. The second-order valence-corrected chi connectivity index (χ2v) is 7.88. The summed E-state index contributed by atoms with van der Waals surface area (Å²) in [7, 11) is 0. The predicted octanol–water partition coefficient (Wildman–Crippen LogP) is 4.23. The van der Waals surface area contributed by atoms with Gasteiger partial charge in [0.2, 0.25) is 0 Å². The van der Waals surface area contributed by atoms with Gasteiger partial charge in [-0.05, 0) is 42.7 Å². The molecule has 1 aliphatic heterocycles. The van der Waals surface area contributed by atoms with E-state index in [2.05, 4.69) is 13.8 Å². The molecule has 1 saturated carbocycles. The summed E-state index contributed by atoms with van der Waals surface area (Å²) in [5.41, 5.74) is 7.73. The summed E-state index contributed by atoms with van der Waals surface area (Å²) in [6.07, 6.45) is 4.71. The molecule has 23 heavy (non-hydrogen) atoms. The maximum Gasteiger partial charge on any atom is 0.413 e. The lowest BCUT2D eigenvalue weighted by Crippen LogP contribution is -2.67. The van der Waals surface area contributed by atoms with Gasteiger partial charge in [-0.1, -0.05) is 51.3 Å². The van der Waals surface area contributed by atoms with E-state index >= 15 is 0 Å². The van der Waals surface area contributed by atoms with E-state index in [1.54, 1.807) is 0 Å². The summed E-state index contributed by atoms with van der Waals surface area (Å²) >= 11 is 0. The minimum Gasteiger partial charge on any atom is -0.465 e. The SMILES string of the molecule is CC1CCCCC1(C)C1Cc2ccccc2N(C(=O)O)C1(C)N. The van der Waals surface area contributed by atoms with E-state index in [0.717, 1.165) is 24.1 Å². The van der Waals surface area contributed by atoms with Crippen LogP contribution in [0.2, 0.25) is 0 Å². The van der Waals surface area contributed by atoms with Crippen LogP contribution in [-0.2, 0) is 6.42 Å². The van der Waals surface area contributed by atoms with E-state index in [9.17, 15) is 9.90 Å². The standard InChI is InChI=1S/C19H28N2O2/c1-13-8-6-7-11-18(13,2)16-12-14-9-4-5-10-15(14)21(17(22)23)19(16,3)20/h4-5,9-10,13,16H,6-8,11-12,20H2,1-3H3,(H,22,23). The van der Waals surface area contributed by atoms with Crippen molar-refractivity contribution in [2.75, 3.05) is 4.90 Å². The van der Waals surface area contributed by atoms with Crippen LogP contribution >= 0.6 is 0 Å².